The molecule has 116 valence electrons. The quantitative estimate of drug-likeness (QED) is 0.545. The number of hydrogen-bond acceptors (Lipinski definition) is 4. The molecule has 0 aliphatic rings. The number of nitrogens with one attached hydrogen (secondary N) is 1. The highest BCUT2D eigenvalue weighted by Gasteiger charge is 2.23. The summed E-state index contributed by atoms with van der Waals surface area (Å²) in [5.74, 6) is -2.02. The van der Waals surface area contributed by atoms with Crippen LogP contribution in [0.3, 0.4) is 0 Å². The minimum Gasteiger partial charge on any atom is -0.481 e. The van der Waals surface area contributed by atoms with E-state index in [1.165, 1.54) is 0 Å². The lowest BCUT2D eigenvalue weighted by molar-refractivity contribution is -0.138. The first-order chi connectivity index (χ1) is 9.93. The average molecular weight is 295 g/mol. The molecule has 0 aliphatic carbocycles. The van der Waals surface area contributed by atoms with E-state index in [9.17, 15) is 14.7 Å². The van der Waals surface area contributed by atoms with Crippen LogP contribution in [0.1, 0.15) is 37.0 Å². The number of aryl methyl sites for hydroxylation is 1. The van der Waals surface area contributed by atoms with Crippen LogP contribution in [-0.2, 0) is 16.0 Å². The maximum absolute atomic E-state index is 10.9. The lowest BCUT2D eigenvalue weighted by Crippen LogP contribution is -2.38. The molecular formula is C15H21NO5. The number of aliphatic carboxylic acids is 2. The highest BCUT2D eigenvalue weighted by Crippen LogP contribution is 2.20. The molecule has 6 heteroatoms. The molecular weight excluding hydrogens is 274 g/mol. The van der Waals surface area contributed by atoms with Crippen LogP contribution in [0.4, 0.5) is 0 Å². The Morgan fingerprint density at radius 2 is 1.76 bits per heavy atom. The van der Waals surface area contributed by atoms with E-state index in [1.54, 1.807) is 12.1 Å². The molecule has 4 N–H and O–H groups in total. The molecule has 1 rings (SSSR count). The largest absolute Gasteiger partial charge is 0.481 e. The van der Waals surface area contributed by atoms with Crippen molar-refractivity contribution in [1.29, 1.82) is 0 Å². The third kappa shape index (κ3) is 5.93. The Labute approximate surface area is 123 Å². The van der Waals surface area contributed by atoms with Gasteiger partial charge in [0, 0.05) is 12.6 Å². The molecule has 2 unspecified atom stereocenters. The summed E-state index contributed by atoms with van der Waals surface area (Å²) in [6, 6.07) is 6.56. The predicted octanol–water partition coefficient (Wildman–Crippen LogP) is 1.19. The van der Waals surface area contributed by atoms with E-state index in [0.29, 0.717) is 5.56 Å². The molecule has 6 nitrogen and oxygen atoms in total. The zero-order valence-corrected chi connectivity index (χ0v) is 12.0. The number of rotatable bonds is 9. The number of benzene rings is 1. The van der Waals surface area contributed by atoms with Crippen LogP contribution in [0.25, 0.3) is 0 Å². The molecule has 0 radical (unpaired) electrons. The van der Waals surface area contributed by atoms with Crippen LogP contribution >= 0.6 is 0 Å². The third-order valence-electron chi connectivity index (χ3n) is 3.25. The summed E-state index contributed by atoms with van der Waals surface area (Å²) < 4.78 is 0. The van der Waals surface area contributed by atoms with Crippen LogP contribution in [-0.4, -0.2) is 39.8 Å². The van der Waals surface area contributed by atoms with Crippen molar-refractivity contribution in [3.63, 3.8) is 0 Å². The van der Waals surface area contributed by atoms with E-state index in [-0.39, 0.29) is 19.4 Å². The molecule has 0 aliphatic heterocycles. The summed E-state index contributed by atoms with van der Waals surface area (Å²) in [6.07, 6.45) is -0.527. The molecule has 1 aromatic carbocycles. The monoisotopic (exact) mass is 295 g/mol. The second-order valence-electron chi connectivity index (χ2n) is 4.84. The zero-order chi connectivity index (χ0) is 15.8. The minimum absolute atomic E-state index is 0.109. The number of aliphatic hydroxyl groups is 1. The van der Waals surface area contributed by atoms with E-state index in [4.69, 9.17) is 10.2 Å². The summed E-state index contributed by atoms with van der Waals surface area (Å²) >= 11 is 0. The Hall–Kier alpha value is -1.92. The van der Waals surface area contributed by atoms with Crippen molar-refractivity contribution in [2.24, 2.45) is 0 Å². The lowest BCUT2D eigenvalue weighted by atomic mass is 9.98. The maximum Gasteiger partial charge on any atom is 0.305 e. The molecule has 0 saturated heterocycles. The molecule has 0 bridgehead atoms. The fourth-order valence-corrected chi connectivity index (χ4v) is 2.03. The number of aliphatic hydroxyl groups excluding tert-OH is 1. The summed E-state index contributed by atoms with van der Waals surface area (Å²) in [7, 11) is 0. The minimum atomic E-state index is -1.05. The van der Waals surface area contributed by atoms with Crippen LogP contribution in [0.15, 0.2) is 24.3 Å². The van der Waals surface area contributed by atoms with E-state index in [0.717, 1.165) is 12.0 Å². The van der Waals surface area contributed by atoms with E-state index < -0.39 is 24.1 Å². The first-order valence-electron chi connectivity index (χ1n) is 6.88. The van der Waals surface area contributed by atoms with Gasteiger partial charge in [-0.2, -0.15) is 0 Å². The van der Waals surface area contributed by atoms with Crippen LogP contribution in [0, 0.1) is 0 Å². The highest BCUT2D eigenvalue weighted by atomic mass is 16.4. The molecule has 0 amide bonds. The number of carboxylic acid groups (broad SMARTS) is 2. The predicted molar refractivity (Wildman–Crippen MR) is 77.1 cm³/mol. The molecule has 0 saturated carbocycles. The van der Waals surface area contributed by atoms with E-state index in [2.05, 4.69) is 5.32 Å². The maximum atomic E-state index is 10.9. The van der Waals surface area contributed by atoms with E-state index in [1.807, 2.05) is 19.1 Å². The Morgan fingerprint density at radius 1 is 1.14 bits per heavy atom. The second-order valence-corrected chi connectivity index (χ2v) is 4.84. The molecule has 1 aromatic rings. The normalized spacial score (nSPS) is 13.6. The molecule has 0 spiro atoms. The Bertz CT molecular complexity index is 471. The van der Waals surface area contributed by atoms with Gasteiger partial charge in [-0.05, 0) is 17.5 Å². The van der Waals surface area contributed by atoms with Gasteiger partial charge >= 0.3 is 11.9 Å². The van der Waals surface area contributed by atoms with Gasteiger partial charge in [0.1, 0.15) is 0 Å². The summed E-state index contributed by atoms with van der Waals surface area (Å²) in [5, 5.41) is 30.6. The van der Waals surface area contributed by atoms with Gasteiger partial charge in [-0.1, -0.05) is 31.2 Å². The second kappa shape index (κ2) is 8.39. The van der Waals surface area contributed by atoms with Gasteiger partial charge in [-0.25, -0.2) is 0 Å². The smallest absolute Gasteiger partial charge is 0.305 e. The van der Waals surface area contributed by atoms with Crippen molar-refractivity contribution in [2.75, 3.05) is 6.54 Å². The van der Waals surface area contributed by atoms with Gasteiger partial charge in [0.2, 0.25) is 0 Å². The number of carbonyl (C=O) groups is 2. The van der Waals surface area contributed by atoms with Crippen LogP contribution in [0.5, 0.6) is 0 Å². The highest BCUT2D eigenvalue weighted by molar-refractivity contribution is 5.68. The Morgan fingerprint density at radius 3 is 2.24 bits per heavy atom. The summed E-state index contributed by atoms with van der Waals surface area (Å²) in [4.78, 5) is 21.4. The van der Waals surface area contributed by atoms with Crippen molar-refractivity contribution in [3.8, 4) is 0 Å². The zero-order valence-electron chi connectivity index (χ0n) is 12.0. The summed E-state index contributed by atoms with van der Waals surface area (Å²) in [6.45, 7) is 2.13. The first-order valence-corrected chi connectivity index (χ1v) is 6.88. The first kappa shape index (κ1) is 17.1. The van der Waals surface area contributed by atoms with Gasteiger partial charge in [0.05, 0.1) is 18.9 Å². The standard InChI is InChI=1S/C15H21NO5/c1-2-10-3-5-11(6-4-10)15(21)12(9-14(19)20)16-8-7-13(17)18/h3-6,12,15-16,21H,2,7-9H2,1H3,(H,17,18)(H,19,20). The summed E-state index contributed by atoms with van der Waals surface area (Å²) in [5.41, 5.74) is 1.74. The number of hydrogen-bond donors (Lipinski definition) is 4. The topological polar surface area (TPSA) is 107 Å². The average Bonchev–Trinajstić information content (AvgIpc) is 2.45. The van der Waals surface area contributed by atoms with Gasteiger partial charge < -0.3 is 20.6 Å². The van der Waals surface area contributed by atoms with Gasteiger partial charge in [-0.3, -0.25) is 9.59 Å². The van der Waals surface area contributed by atoms with Crippen molar-refractivity contribution in [1.82, 2.24) is 5.32 Å². The fourth-order valence-electron chi connectivity index (χ4n) is 2.03. The Kier molecular flexibility index (Phi) is 6.84. The van der Waals surface area contributed by atoms with Gasteiger partial charge in [0.15, 0.2) is 0 Å². The number of carboxylic acids is 2. The fraction of sp³-hybridized carbons (Fsp3) is 0.467. The molecule has 2 atom stereocenters. The van der Waals surface area contributed by atoms with E-state index >= 15 is 0 Å². The molecule has 0 aromatic heterocycles. The molecule has 21 heavy (non-hydrogen) atoms. The van der Waals surface area contributed by atoms with Gasteiger partial charge in [0.25, 0.3) is 0 Å². The SMILES string of the molecule is CCc1ccc(C(O)C(CC(=O)O)NCCC(=O)O)cc1. The van der Waals surface area contributed by atoms with Crippen molar-refractivity contribution in [2.45, 2.75) is 38.3 Å². The van der Waals surface area contributed by atoms with Crippen LogP contribution < -0.4 is 5.32 Å². The third-order valence-corrected chi connectivity index (χ3v) is 3.25. The van der Waals surface area contributed by atoms with Crippen LogP contribution in [0.2, 0.25) is 0 Å². The lowest BCUT2D eigenvalue weighted by Gasteiger charge is -2.23. The van der Waals surface area contributed by atoms with Crippen molar-refractivity contribution in [3.05, 3.63) is 35.4 Å². The van der Waals surface area contributed by atoms with Crippen molar-refractivity contribution < 1.29 is 24.9 Å². The van der Waals surface area contributed by atoms with Gasteiger partial charge in [-0.15, -0.1) is 0 Å². The molecule has 0 fully saturated rings. The Balaban J connectivity index is 2.74. The molecule has 0 heterocycles. The van der Waals surface area contributed by atoms with Crippen molar-refractivity contribution >= 4 is 11.9 Å².